The van der Waals surface area contributed by atoms with E-state index in [1.54, 1.807) is 12.1 Å². The first kappa shape index (κ1) is 21.6. The summed E-state index contributed by atoms with van der Waals surface area (Å²) in [4.78, 5) is 26.5. The summed E-state index contributed by atoms with van der Waals surface area (Å²) in [7, 11) is -3.85. The highest BCUT2D eigenvalue weighted by Gasteiger charge is 2.40. The first-order chi connectivity index (χ1) is 12.5. The number of hydrogen-bond donors (Lipinski definition) is 1. The van der Waals surface area contributed by atoms with Gasteiger partial charge in [-0.1, -0.05) is 12.1 Å². The maximum Gasteiger partial charge on any atom is 0.269 e. The molecule has 2 aliphatic rings. The number of carbonyl (C=O) groups excluding carboxylic acids is 2. The van der Waals surface area contributed by atoms with Gasteiger partial charge in [-0.2, -0.15) is 0 Å². The van der Waals surface area contributed by atoms with Crippen LogP contribution >= 0.6 is 12.4 Å². The SMILES string of the molecule is Cl.O=C(CCN1C(=O)c2ccccc2S1(=O)=O)NCCCN1CCOCC1. The predicted octanol–water partition coefficient (Wildman–Crippen LogP) is 0.482. The summed E-state index contributed by atoms with van der Waals surface area (Å²) >= 11 is 0. The van der Waals surface area contributed by atoms with E-state index in [2.05, 4.69) is 10.2 Å². The second-order valence-electron chi connectivity index (χ2n) is 6.29. The van der Waals surface area contributed by atoms with Gasteiger partial charge in [0, 0.05) is 32.6 Å². The number of halogens is 1. The number of amides is 2. The monoisotopic (exact) mass is 417 g/mol. The molecule has 1 aromatic rings. The lowest BCUT2D eigenvalue weighted by Gasteiger charge is -2.26. The average molecular weight is 418 g/mol. The van der Waals surface area contributed by atoms with Gasteiger partial charge in [0.15, 0.2) is 0 Å². The molecule has 8 nitrogen and oxygen atoms in total. The van der Waals surface area contributed by atoms with E-state index < -0.39 is 15.9 Å². The molecule has 2 aliphatic heterocycles. The van der Waals surface area contributed by atoms with E-state index in [1.807, 2.05) is 0 Å². The van der Waals surface area contributed by atoms with E-state index in [-0.39, 0.29) is 41.7 Å². The maximum atomic E-state index is 12.4. The summed E-state index contributed by atoms with van der Waals surface area (Å²) in [5, 5.41) is 2.78. The Hall–Kier alpha value is -1.68. The molecule has 1 aromatic carbocycles. The van der Waals surface area contributed by atoms with Crippen molar-refractivity contribution in [3.05, 3.63) is 29.8 Å². The zero-order valence-corrected chi connectivity index (χ0v) is 16.6. The van der Waals surface area contributed by atoms with Crippen LogP contribution in [0.15, 0.2) is 29.2 Å². The number of ether oxygens (including phenoxy) is 1. The molecule has 150 valence electrons. The Morgan fingerprint density at radius 1 is 1.15 bits per heavy atom. The summed E-state index contributed by atoms with van der Waals surface area (Å²) in [5.41, 5.74) is 0.165. The summed E-state index contributed by atoms with van der Waals surface area (Å²) in [6, 6.07) is 6.10. The molecule has 0 aromatic heterocycles. The van der Waals surface area contributed by atoms with Gasteiger partial charge in [-0.3, -0.25) is 14.5 Å². The molecule has 2 heterocycles. The third-order valence-corrected chi connectivity index (χ3v) is 6.37. The number of sulfonamides is 1. The van der Waals surface area contributed by atoms with Crippen LogP contribution in [0.2, 0.25) is 0 Å². The van der Waals surface area contributed by atoms with Crippen molar-refractivity contribution < 1.29 is 22.7 Å². The molecule has 0 spiro atoms. The van der Waals surface area contributed by atoms with Crippen molar-refractivity contribution in [3.63, 3.8) is 0 Å². The molecular formula is C17H24ClN3O5S. The van der Waals surface area contributed by atoms with E-state index in [0.717, 1.165) is 43.6 Å². The number of nitrogens with one attached hydrogen (secondary N) is 1. The Morgan fingerprint density at radius 2 is 1.85 bits per heavy atom. The molecular weight excluding hydrogens is 394 g/mol. The normalized spacial score (nSPS) is 18.7. The molecule has 0 aliphatic carbocycles. The summed E-state index contributed by atoms with van der Waals surface area (Å²) in [6.45, 7) is 4.56. The average Bonchev–Trinajstić information content (AvgIpc) is 2.84. The van der Waals surface area contributed by atoms with Crippen LogP contribution in [0.25, 0.3) is 0 Å². The summed E-state index contributed by atoms with van der Waals surface area (Å²) in [6.07, 6.45) is 0.772. The fourth-order valence-corrected chi connectivity index (χ4v) is 4.67. The van der Waals surface area contributed by atoms with Crippen LogP contribution in [0, 0.1) is 0 Å². The number of carbonyl (C=O) groups is 2. The predicted molar refractivity (Wildman–Crippen MR) is 101 cm³/mol. The zero-order chi connectivity index (χ0) is 18.6. The molecule has 3 rings (SSSR count). The highest BCUT2D eigenvalue weighted by Crippen LogP contribution is 2.29. The van der Waals surface area contributed by atoms with Crippen LogP contribution in [0.5, 0.6) is 0 Å². The summed E-state index contributed by atoms with van der Waals surface area (Å²) < 4.78 is 30.9. The van der Waals surface area contributed by atoms with Gasteiger partial charge >= 0.3 is 0 Å². The Bertz CT molecular complexity index is 781. The molecule has 1 fully saturated rings. The highest BCUT2D eigenvalue weighted by molar-refractivity contribution is 7.90. The third kappa shape index (κ3) is 4.98. The minimum absolute atomic E-state index is 0. The van der Waals surface area contributed by atoms with Crippen LogP contribution < -0.4 is 5.32 Å². The van der Waals surface area contributed by atoms with Gasteiger partial charge in [0.2, 0.25) is 5.91 Å². The van der Waals surface area contributed by atoms with Crippen LogP contribution in [-0.4, -0.2) is 75.4 Å². The molecule has 0 saturated carbocycles. The molecule has 0 atom stereocenters. The van der Waals surface area contributed by atoms with Crippen molar-refractivity contribution in [3.8, 4) is 0 Å². The zero-order valence-electron chi connectivity index (χ0n) is 14.9. The fraction of sp³-hybridized carbons (Fsp3) is 0.529. The second-order valence-corrected chi connectivity index (χ2v) is 8.12. The number of rotatable bonds is 7. The van der Waals surface area contributed by atoms with Crippen molar-refractivity contribution in [1.82, 2.24) is 14.5 Å². The quantitative estimate of drug-likeness (QED) is 0.648. The smallest absolute Gasteiger partial charge is 0.269 e. The molecule has 1 N–H and O–H groups in total. The van der Waals surface area contributed by atoms with Gasteiger partial charge in [-0.05, 0) is 25.1 Å². The molecule has 0 unspecified atom stereocenters. The second kappa shape index (κ2) is 9.50. The molecule has 1 saturated heterocycles. The van der Waals surface area contributed by atoms with Gasteiger partial charge in [-0.15, -0.1) is 12.4 Å². The minimum Gasteiger partial charge on any atom is -0.379 e. The Kier molecular flexibility index (Phi) is 7.60. The Labute approximate surface area is 165 Å². The number of hydrogen-bond acceptors (Lipinski definition) is 6. The van der Waals surface area contributed by atoms with E-state index in [4.69, 9.17) is 4.74 Å². The molecule has 2 amide bonds. The fourth-order valence-electron chi connectivity index (χ4n) is 3.10. The molecule has 10 heteroatoms. The third-order valence-electron chi connectivity index (χ3n) is 4.53. The van der Waals surface area contributed by atoms with E-state index in [9.17, 15) is 18.0 Å². The van der Waals surface area contributed by atoms with Crippen LogP contribution in [0.4, 0.5) is 0 Å². The molecule has 0 bridgehead atoms. The van der Waals surface area contributed by atoms with Crippen molar-refractivity contribution in [2.45, 2.75) is 17.7 Å². The Morgan fingerprint density at radius 3 is 2.56 bits per heavy atom. The topological polar surface area (TPSA) is 96.0 Å². The number of nitrogens with zero attached hydrogens (tertiary/aromatic N) is 2. The highest BCUT2D eigenvalue weighted by atomic mass is 35.5. The van der Waals surface area contributed by atoms with Crippen LogP contribution in [0.1, 0.15) is 23.2 Å². The number of morpholine rings is 1. The van der Waals surface area contributed by atoms with Crippen molar-refractivity contribution in [2.24, 2.45) is 0 Å². The first-order valence-electron chi connectivity index (χ1n) is 8.73. The Balaban J connectivity index is 0.00000261. The van der Waals surface area contributed by atoms with Gasteiger partial charge in [-0.25, -0.2) is 12.7 Å². The van der Waals surface area contributed by atoms with Crippen LogP contribution in [0.3, 0.4) is 0 Å². The lowest BCUT2D eigenvalue weighted by Crippen LogP contribution is -2.38. The maximum absolute atomic E-state index is 12.4. The van der Waals surface area contributed by atoms with Gasteiger partial charge in [0.25, 0.3) is 15.9 Å². The van der Waals surface area contributed by atoms with E-state index in [0.29, 0.717) is 6.54 Å². The lowest BCUT2D eigenvalue weighted by atomic mass is 10.2. The van der Waals surface area contributed by atoms with Crippen molar-refractivity contribution >= 4 is 34.2 Å². The van der Waals surface area contributed by atoms with Crippen molar-refractivity contribution in [1.29, 1.82) is 0 Å². The van der Waals surface area contributed by atoms with E-state index in [1.165, 1.54) is 12.1 Å². The van der Waals surface area contributed by atoms with Crippen molar-refractivity contribution in [2.75, 3.05) is 45.9 Å². The molecule has 0 radical (unpaired) electrons. The number of benzene rings is 1. The largest absolute Gasteiger partial charge is 0.379 e. The minimum atomic E-state index is -3.85. The van der Waals surface area contributed by atoms with Gasteiger partial charge in [0.1, 0.15) is 4.90 Å². The lowest BCUT2D eigenvalue weighted by molar-refractivity contribution is -0.121. The van der Waals surface area contributed by atoms with Gasteiger partial charge < -0.3 is 10.1 Å². The summed E-state index contributed by atoms with van der Waals surface area (Å²) in [5.74, 6) is -0.827. The van der Waals surface area contributed by atoms with Crippen LogP contribution in [-0.2, 0) is 19.6 Å². The van der Waals surface area contributed by atoms with E-state index >= 15 is 0 Å². The first-order valence-corrected chi connectivity index (χ1v) is 10.2. The standard InChI is InChI=1S/C17H23N3O5S.ClH/c21-16(18-7-3-8-19-10-12-25-13-11-19)6-9-20-17(22)14-4-1-2-5-15(14)26(20,23)24;/h1-2,4-5H,3,6-13H2,(H,18,21);1H. The number of fused-ring (bicyclic) bond motifs is 1. The molecule has 27 heavy (non-hydrogen) atoms. The van der Waals surface area contributed by atoms with Gasteiger partial charge in [0.05, 0.1) is 18.8 Å².